The first-order chi connectivity index (χ1) is 13.4. The summed E-state index contributed by atoms with van der Waals surface area (Å²) in [7, 11) is 3.44. The third-order valence-electron chi connectivity index (χ3n) is 4.39. The van der Waals surface area contributed by atoms with Gasteiger partial charge in [0.25, 0.3) is 0 Å². The summed E-state index contributed by atoms with van der Waals surface area (Å²) in [4.78, 5) is 19.7. The first-order valence-electron chi connectivity index (χ1n) is 9.44. The summed E-state index contributed by atoms with van der Waals surface area (Å²) in [5, 5.41) is 6.54. The van der Waals surface area contributed by atoms with Gasteiger partial charge in [-0.3, -0.25) is 9.79 Å². The van der Waals surface area contributed by atoms with Crippen molar-refractivity contribution in [2.75, 3.05) is 45.2 Å². The van der Waals surface area contributed by atoms with Gasteiger partial charge in [-0.2, -0.15) is 8.78 Å². The standard InChI is InChI=1S/C19H29F2N5O2.HI/c1-4-22-19(23-11-9-17(27)25(2)3)24-14-10-12-26(13-14)15-7-5-6-8-16(15)28-18(20)21;/h5-8,14,18H,4,9-13H2,1-3H3,(H2,22,23,24);1H. The van der Waals surface area contributed by atoms with Gasteiger partial charge in [0.1, 0.15) is 5.75 Å². The van der Waals surface area contributed by atoms with Gasteiger partial charge in [0, 0.05) is 46.2 Å². The summed E-state index contributed by atoms with van der Waals surface area (Å²) in [5.74, 6) is 0.862. The Kier molecular flexibility index (Phi) is 11.0. The molecule has 1 unspecified atom stereocenters. The van der Waals surface area contributed by atoms with Crippen molar-refractivity contribution in [3.8, 4) is 5.75 Å². The lowest BCUT2D eigenvalue weighted by Gasteiger charge is -2.22. The maximum atomic E-state index is 12.6. The number of alkyl halides is 2. The zero-order valence-corrected chi connectivity index (χ0v) is 19.4. The summed E-state index contributed by atoms with van der Waals surface area (Å²) in [5.41, 5.74) is 0.658. The number of hydrogen-bond donors (Lipinski definition) is 2. The zero-order chi connectivity index (χ0) is 20.5. The fourth-order valence-corrected chi connectivity index (χ4v) is 3.01. The SMILES string of the molecule is CCNC(=NCCC(=O)N(C)C)NC1CCN(c2ccccc2OC(F)F)C1.I. The van der Waals surface area contributed by atoms with Gasteiger partial charge in [-0.1, -0.05) is 12.1 Å². The van der Waals surface area contributed by atoms with Crippen LogP contribution in [0.15, 0.2) is 29.3 Å². The van der Waals surface area contributed by atoms with E-state index in [0.29, 0.717) is 37.7 Å². The number of carbonyl (C=O) groups excluding carboxylic acids is 1. The van der Waals surface area contributed by atoms with Crippen LogP contribution >= 0.6 is 24.0 Å². The Labute approximate surface area is 187 Å². The van der Waals surface area contributed by atoms with Gasteiger partial charge in [0.15, 0.2) is 5.96 Å². The molecule has 1 heterocycles. The Morgan fingerprint density at radius 1 is 1.38 bits per heavy atom. The lowest BCUT2D eigenvalue weighted by Crippen LogP contribution is -2.44. The van der Waals surface area contributed by atoms with Gasteiger partial charge in [-0.15, -0.1) is 24.0 Å². The number of carbonyl (C=O) groups is 1. The molecule has 1 fully saturated rings. The first kappa shape index (κ1) is 25.2. The van der Waals surface area contributed by atoms with E-state index in [9.17, 15) is 13.6 Å². The summed E-state index contributed by atoms with van der Waals surface area (Å²) in [6.07, 6.45) is 1.18. The molecule has 0 saturated carbocycles. The Hall–Kier alpha value is -1.85. The molecule has 1 aromatic rings. The molecule has 2 rings (SSSR count). The van der Waals surface area contributed by atoms with Crippen LogP contribution in [-0.4, -0.2) is 69.7 Å². The molecule has 1 atom stereocenters. The number of halogens is 3. The van der Waals surface area contributed by atoms with Gasteiger partial charge < -0.3 is 25.2 Å². The minimum atomic E-state index is -2.85. The molecule has 1 amide bonds. The Balaban J connectivity index is 0.00000420. The van der Waals surface area contributed by atoms with Crippen molar-refractivity contribution in [3.63, 3.8) is 0 Å². The van der Waals surface area contributed by atoms with Crippen LogP contribution in [-0.2, 0) is 4.79 Å². The molecule has 0 aromatic heterocycles. The van der Waals surface area contributed by atoms with Crippen LogP contribution in [0.2, 0.25) is 0 Å². The van der Waals surface area contributed by atoms with E-state index in [-0.39, 0.29) is 41.7 Å². The second kappa shape index (κ2) is 12.7. The van der Waals surface area contributed by atoms with E-state index >= 15 is 0 Å². The number of benzene rings is 1. The number of guanidine groups is 1. The second-order valence-electron chi connectivity index (χ2n) is 6.72. The number of para-hydroxylation sites is 2. The van der Waals surface area contributed by atoms with Crippen molar-refractivity contribution in [1.82, 2.24) is 15.5 Å². The van der Waals surface area contributed by atoms with E-state index in [1.54, 1.807) is 37.2 Å². The molecular formula is C19H30F2IN5O2. The molecule has 10 heteroatoms. The van der Waals surface area contributed by atoms with E-state index in [0.717, 1.165) is 13.0 Å². The highest BCUT2D eigenvalue weighted by atomic mass is 127. The zero-order valence-electron chi connectivity index (χ0n) is 17.0. The molecule has 0 spiro atoms. The average Bonchev–Trinajstić information content (AvgIpc) is 3.10. The molecule has 164 valence electrons. The quantitative estimate of drug-likeness (QED) is 0.310. The number of nitrogens with zero attached hydrogens (tertiary/aromatic N) is 3. The maximum Gasteiger partial charge on any atom is 0.387 e. The molecule has 0 bridgehead atoms. The van der Waals surface area contributed by atoms with Crippen LogP contribution in [0.5, 0.6) is 5.75 Å². The molecular weight excluding hydrogens is 495 g/mol. The molecule has 0 aliphatic carbocycles. The Bertz CT molecular complexity index is 676. The van der Waals surface area contributed by atoms with Crippen molar-refractivity contribution in [3.05, 3.63) is 24.3 Å². The van der Waals surface area contributed by atoms with Crippen molar-refractivity contribution < 1.29 is 18.3 Å². The largest absolute Gasteiger partial charge is 0.433 e. The average molecular weight is 525 g/mol. The van der Waals surface area contributed by atoms with E-state index < -0.39 is 6.61 Å². The van der Waals surface area contributed by atoms with E-state index in [2.05, 4.69) is 20.4 Å². The van der Waals surface area contributed by atoms with E-state index in [1.165, 1.54) is 0 Å². The van der Waals surface area contributed by atoms with Crippen LogP contribution in [0.25, 0.3) is 0 Å². The molecule has 0 radical (unpaired) electrons. The number of ether oxygens (including phenoxy) is 1. The Morgan fingerprint density at radius 3 is 2.76 bits per heavy atom. The van der Waals surface area contributed by atoms with E-state index in [1.807, 2.05) is 17.9 Å². The number of hydrogen-bond acceptors (Lipinski definition) is 4. The molecule has 1 saturated heterocycles. The summed E-state index contributed by atoms with van der Waals surface area (Å²) >= 11 is 0. The predicted octanol–water partition coefficient (Wildman–Crippen LogP) is 2.52. The van der Waals surface area contributed by atoms with Crippen LogP contribution in [0.1, 0.15) is 19.8 Å². The van der Waals surface area contributed by atoms with Crippen molar-refractivity contribution in [1.29, 1.82) is 0 Å². The van der Waals surface area contributed by atoms with Crippen molar-refractivity contribution in [2.45, 2.75) is 32.4 Å². The summed E-state index contributed by atoms with van der Waals surface area (Å²) < 4.78 is 29.9. The molecule has 29 heavy (non-hydrogen) atoms. The molecule has 1 aliphatic rings. The minimum Gasteiger partial charge on any atom is -0.433 e. The van der Waals surface area contributed by atoms with E-state index in [4.69, 9.17) is 0 Å². The fourth-order valence-electron chi connectivity index (χ4n) is 3.01. The van der Waals surface area contributed by atoms with Gasteiger partial charge in [0.2, 0.25) is 5.91 Å². The van der Waals surface area contributed by atoms with Crippen molar-refractivity contribution >= 4 is 41.5 Å². The van der Waals surface area contributed by atoms with Crippen LogP contribution in [0.4, 0.5) is 14.5 Å². The second-order valence-corrected chi connectivity index (χ2v) is 6.72. The summed E-state index contributed by atoms with van der Waals surface area (Å²) in [6, 6.07) is 6.93. The van der Waals surface area contributed by atoms with Crippen LogP contribution in [0.3, 0.4) is 0 Å². The molecule has 7 nitrogen and oxygen atoms in total. The number of anilines is 1. The van der Waals surface area contributed by atoms with Gasteiger partial charge in [-0.05, 0) is 25.5 Å². The third-order valence-corrected chi connectivity index (χ3v) is 4.39. The topological polar surface area (TPSA) is 69.2 Å². The van der Waals surface area contributed by atoms with Crippen LogP contribution in [0, 0.1) is 0 Å². The van der Waals surface area contributed by atoms with Gasteiger partial charge in [0.05, 0.1) is 12.2 Å². The monoisotopic (exact) mass is 525 g/mol. The highest BCUT2D eigenvalue weighted by molar-refractivity contribution is 14.0. The predicted molar refractivity (Wildman–Crippen MR) is 122 cm³/mol. The fraction of sp³-hybridized carbons (Fsp3) is 0.579. The van der Waals surface area contributed by atoms with Gasteiger partial charge >= 0.3 is 6.61 Å². The smallest absolute Gasteiger partial charge is 0.387 e. The highest BCUT2D eigenvalue weighted by Crippen LogP contribution is 2.31. The first-order valence-corrected chi connectivity index (χ1v) is 9.44. The number of amides is 1. The molecule has 1 aliphatic heterocycles. The van der Waals surface area contributed by atoms with Crippen LogP contribution < -0.4 is 20.3 Å². The Morgan fingerprint density at radius 2 is 2.10 bits per heavy atom. The molecule has 1 aromatic carbocycles. The normalized spacial score (nSPS) is 16.4. The lowest BCUT2D eigenvalue weighted by molar-refractivity contribution is -0.128. The summed E-state index contributed by atoms with van der Waals surface area (Å²) in [6.45, 7) is 1.59. The third kappa shape index (κ3) is 8.19. The minimum absolute atomic E-state index is 0. The molecule has 2 N–H and O–H groups in total. The van der Waals surface area contributed by atoms with Gasteiger partial charge in [-0.25, -0.2) is 0 Å². The number of nitrogens with one attached hydrogen (secondary N) is 2. The van der Waals surface area contributed by atoms with Crippen molar-refractivity contribution in [2.24, 2.45) is 4.99 Å². The lowest BCUT2D eigenvalue weighted by atomic mass is 10.2. The highest BCUT2D eigenvalue weighted by Gasteiger charge is 2.26. The number of aliphatic imine (C=N–C) groups is 1. The number of rotatable bonds is 8. The maximum absolute atomic E-state index is 12.6.